The Hall–Kier alpha value is -2.02. The zero-order valence-electron chi connectivity index (χ0n) is 8.87. The number of nitrogens with two attached hydrogens (primary N) is 1. The lowest BCUT2D eigenvalue weighted by Crippen LogP contribution is -2.31. The molecule has 6 nitrogen and oxygen atoms in total. The minimum atomic E-state index is -0.443. The minimum absolute atomic E-state index is 0.0976. The summed E-state index contributed by atoms with van der Waals surface area (Å²) in [5.74, 6) is 6.59. The largest absolute Gasteiger partial charge is 0.462 e. The van der Waals surface area contributed by atoms with Crippen LogP contribution in [0, 0.1) is 0 Å². The molecular weight excluding hydrogens is 240 g/mol. The van der Waals surface area contributed by atoms with Crippen molar-refractivity contribution >= 4 is 11.8 Å². The molecule has 0 spiro atoms. The van der Waals surface area contributed by atoms with Gasteiger partial charge in [0.25, 0.3) is 0 Å². The van der Waals surface area contributed by atoms with Gasteiger partial charge in [-0.1, -0.05) is 17.8 Å². The number of hydrogen-bond donors (Lipinski definition) is 1. The average molecular weight is 250 g/mol. The molecule has 0 radical (unpaired) electrons. The monoisotopic (exact) mass is 250 g/mol. The summed E-state index contributed by atoms with van der Waals surface area (Å²) in [7, 11) is 0. The quantitative estimate of drug-likeness (QED) is 0.492. The van der Waals surface area contributed by atoms with Crippen molar-refractivity contribution in [2.24, 2.45) is 0 Å². The molecule has 0 aromatic carbocycles. The van der Waals surface area contributed by atoms with E-state index in [9.17, 15) is 4.79 Å². The maximum absolute atomic E-state index is 11.9. The lowest BCUT2D eigenvalue weighted by molar-refractivity contribution is 0.572. The summed E-state index contributed by atoms with van der Waals surface area (Å²) in [6.45, 7) is 3.57. The molecule has 0 aliphatic heterocycles. The van der Waals surface area contributed by atoms with Gasteiger partial charge in [0.1, 0.15) is 0 Å². The van der Waals surface area contributed by atoms with Gasteiger partial charge in [-0.05, 0) is 12.1 Å². The highest BCUT2D eigenvalue weighted by Gasteiger charge is 2.13. The molecule has 2 rings (SSSR count). The van der Waals surface area contributed by atoms with Gasteiger partial charge in [-0.3, -0.25) is 4.79 Å². The van der Waals surface area contributed by atoms with E-state index in [-0.39, 0.29) is 5.69 Å². The van der Waals surface area contributed by atoms with E-state index in [4.69, 9.17) is 10.3 Å². The minimum Gasteiger partial charge on any atom is -0.462 e. The Morgan fingerprint density at radius 2 is 2.41 bits per heavy atom. The standard InChI is InChI=1S/C10H10N4O2S/c1-2-6-17-10-13-12-8(9(15)14(10)11)7-4-3-5-16-7/h2-5H,1,6,11H2. The predicted molar refractivity (Wildman–Crippen MR) is 65.1 cm³/mol. The normalized spacial score (nSPS) is 10.4. The average Bonchev–Trinajstić information content (AvgIpc) is 2.85. The molecule has 0 bridgehead atoms. The summed E-state index contributed by atoms with van der Waals surface area (Å²) in [6.07, 6.45) is 3.15. The smallest absolute Gasteiger partial charge is 0.302 e. The van der Waals surface area contributed by atoms with Crippen LogP contribution in [0.2, 0.25) is 0 Å². The third-order valence-corrected chi connectivity index (χ3v) is 2.89. The molecule has 0 amide bonds. The van der Waals surface area contributed by atoms with E-state index in [1.54, 1.807) is 18.2 Å². The number of rotatable bonds is 4. The van der Waals surface area contributed by atoms with E-state index in [1.807, 2.05) is 0 Å². The molecule has 2 aromatic heterocycles. The highest BCUT2D eigenvalue weighted by atomic mass is 32.2. The first kappa shape index (κ1) is 11.5. The molecule has 88 valence electrons. The fourth-order valence-corrected chi connectivity index (χ4v) is 1.77. The molecule has 0 atom stereocenters. The second-order valence-electron chi connectivity index (χ2n) is 3.08. The third-order valence-electron chi connectivity index (χ3n) is 1.95. The van der Waals surface area contributed by atoms with Crippen LogP contribution in [0.25, 0.3) is 11.5 Å². The van der Waals surface area contributed by atoms with Crippen LogP contribution in [0.1, 0.15) is 0 Å². The second-order valence-corrected chi connectivity index (χ2v) is 4.07. The Bertz CT molecular complexity index is 576. The van der Waals surface area contributed by atoms with Crippen molar-refractivity contribution in [3.8, 4) is 11.5 Å². The number of nitrogens with zero attached hydrogens (tertiary/aromatic N) is 3. The topological polar surface area (TPSA) is 86.9 Å². The number of nitrogen functional groups attached to an aromatic ring is 1. The molecule has 7 heteroatoms. The summed E-state index contributed by atoms with van der Waals surface area (Å²) in [5, 5.41) is 8.04. The molecular formula is C10H10N4O2S. The molecule has 0 fully saturated rings. The van der Waals surface area contributed by atoms with Crippen molar-refractivity contribution in [3.05, 3.63) is 41.4 Å². The maximum Gasteiger partial charge on any atom is 0.302 e. The molecule has 2 heterocycles. The van der Waals surface area contributed by atoms with E-state index in [0.717, 1.165) is 4.68 Å². The second kappa shape index (κ2) is 4.88. The van der Waals surface area contributed by atoms with Crippen LogP contribution in [0.3, 0.4) is 0 Å². The highest BCUT2D eigenvalue weighted by molar-refractivity contribution is 7.99. The van der Waals surface area contributed by atoms with Gasteiger partial charge in [0.2, 0.25) is 5.16 Å². The van der Waals surface area contributed by atoms with Crippen LogP contribution in [0.15, 0.2) is 45.4 Å². The van der Waals surface area contributed by atoms with Gasteiger partial charge < -0.3 is 10.3 Å². The molecule has 0 aliphatic rings. The van der Waals surface area contributed by atoms with Gasteiger partial charge in [-0.15, -0.1) is 16.8 Å². The van der Waals surface area contributed by atoms with Crippen molar-refractivity contribution in [1.82, 2.24) is 14.9 Å². The summed E-state index contributed by atoms with van der Waals surface area (Å²) >= 11 is 1.28. The number of furan rings is 1. The van der Waals surface area contributed by atoms with Crippen molar-refractivity contribution in [1.29, 1.82) is 0 Å². The zero-order valence-corrected chi connectivity index (χ0v) is 9.68. The van der Waals surface area contributed by atoms with Crippen LogP contribution in [-0.4, -0.2) is 20.6 Å². The van der Waals surface area contributed by atoms with Gasteiger partial charge >= 0.3 is 5.56 Å². The molecule has 0 saturated heterocycles. The highest BCUT2D eigenvalue weighted by Crippen LogP contribution is 2.15. The Kier molecular flexibility index (Phi) is 3.29. The van der Waals surface area contributed by atoms with E-state index in [0.29, 0.717) is 16.7 Å². The van der Waals surface area contributed by atoms with Gasteiger partial charge in [0.15, 0.2) is 11.5 Å². The summed E-state index contributed by atoms with van der Waals surface area (Å²) in [6, 6.07) is 3.29. The Balaban J connectivity index is 2.43. The first-order valence-electron chi connectivity index (χ1n) is 4.76. The molecule has 17 heavy (non-hydrogen) atoms. The van der Waals surface area contributed by atoms with Crippen LogP contribution >= 0.6 is 11.8 Å². The molecule has 2 N–H and O–H groups in total. The molecule has 0 aliphatic carbocycles. The summed E-state index contributed by atoms with van der Waals surface area (Å²) in [4.78, 5) is 11.9. The Morgan fingerprint density at radius 1 is 1.59 bits per heavy atom. The molecule has 0 saturated carbocycles. The van der Waals surface area contributed by atoms with Gasteiger partial charge in [-0.2, -0.15) is 4.68 Å². The first-order chi connectivity index (χ1) is 8.24. The van der Waals surface area contributed by atoms with Crippen LogP contribution in [0.4, 0.5) is 0 Å². The van der Waals surface area contributed by atoms with Crippen LogP contribution in [0.5, 0.6) is 0 Å². The van der Waals surface area contributed by atoms with E-state index in [1.165, 1.54) is 18.0 Å². The number of thioether (sulfide) groups is 1. The Morgan fingerprint density at radius 3 is 3.06 bits per heavy atom. The summed E-state index contributed by atoms with van der Waals surface area (Å²) < 4.78 is 6.04. The number of aromatic nitrogens is 3. The fraction of sp³-hybridized carbons (Fsp3) is 0.100. The SMILES string of the molecule is C=CCSc1nnc(-c2ccco2)c(=O)n1N. The van der Waals surface area contributed by atoms with Crippen LogP contribution < -0.4 is 11.4 Å². The van der Waals surface area contributed by atoms with E-state index >= 15 is 0 Å². The molecule has 0 unspecified atom stereocenters. The summed E-state index contributed by atoms with van der Waals surface area (Å²) in [5.41, 5.74) is -0.345. The fourth-order valence-electron chi connectivity index (χ4n) is 1.18. The van der Waals surface area contributed by atoms with Crippen molar-refractivity contribution in [2.75, 3.05) is 11.6 Å². The first-order valence-corrected chi connectivity index (χ1v) is 5.75. The van der Waals surface area contributed by atoms with Gasteiger partial charge in [0.05, 0.1) is 6.26 Å². The third kappa shape index (κ3) is 2.23. The van der Waals surface area contributed by atoms with Crippen molar-refractivity contribution in [2.45, 2.75) is 5.16 Å². The Labute approximate surface area is 101 Å². The van der Waals surface area contributed by atoms with Crippen molar-refractivity contribution in [3.63, 3.8) is 0 Å². The molecule has 2 aromatic rings. The van der Waals surface area contributed by atoms with E-state index < -0.39 is 5.56 Å². The zero-order chi connectivity index (χ0) is 12.3. The van der Waals surface area contributed by atoms with Crippen LogP contribution in [-0.2, 0) is 0 Å². The van der Waals surface area contributed by atoms with E-state index in [2.05, 4.69) is 16.8 Å². The predicted octanol–water partition coefficient (Wildman–Crippen LogP) is 0.890. The lowest BCUT2D eigenvalue weighted by atomic mass is 10.3. The maximum atomic E-state index is 11.9. The van der Waals surface area contributed by atoms with Crippen molar-refractivity contribution < 1.29 is 4.42 Å². The lowest BCUT2D eigenvalue weighted by Gasteiger charge is -2.04. The van der Waals surface area contributed by atoms with Gasteiger partial charge in [-0.25, -0.2) is 0 Å². The van der Waals surface area contributed by atoms with Gasteiger partial charge in [0, 0.05) is 5.75 Å². The number of hydrogen-bond acceptors (Lipinski definition) is 6.